The molecular weight excluding hydrogens is 584 g/mol. The summed E-state index contributed by atoms with van der Waals surface area (Å²) in [5.74, 6) is -4.06. The van der Waals surface area contributed by atoms with Crippen molar-refractivity contribution in [2.75, 3.05) is 18.6 Å². The first kappa shape index (κ1) is 30.9. The van der Waals surface area contributed by atoms with E-state index in [0.29, 0.717) is 11.1 Å². The van der Waals surface area contributed by atoms with Crippen molar-refractivity contribution in [3.05, 3.63) is 101 Å². The topological polar surface area (TPSA) is 112 Å². The van der Waals surface area contributed by atoms with Gasteiger partial charge in [-0.05, 0) is 56.5 Å². The van der Waals surface area contributed by atoms with Crippen molar-refractivity contribution in [1.29, 1.82) is 0 Å². The fraction of sp³-hybridized carbons (Fsp3) is 0.324. The Hall–Kier alpha value is -4.50. The molecule has 3 atom stereocenters. The first-order chi connectivity index (χ1) is 20.9. The highest BCUT2D eigenvalue weighted by Crippen LogP contribution is 2.58. The number of hydrogen-bond acceptors (Lipinski definition) is 8. The average Bonchev–Trinajstić information content (AvgIpc) is 3.42. The van der Waals surface area contributed by atoms with Gasteiger partial charge in [-0.2, -0.15) is 0 Å². The number of aliphatic imine (C=N–C) groups is 1. The molecule has 44 heavy (non-hydrogen) atoms. The van der Waals surface area contributed by atoms with E-state index < -0.39 is 46.4 Å². The molecule has 0 aromatic heterocycles. The minimum absolute atomic E-state index is 0.0356. The number of carbonyl (C=O) groups excluding carboxylic acids is 4. The number of carbonyl (C=O) groups is 4. The lowest BCUT2D eigenvalue weighted by Crippen LogP contribution is -2.60. The number of rotatable bonds is 6. The summed E-state index contributed by atoms with van der Waals surface area (Å²) in [4.78, 5) is 63.2. The lowest BCUT2D eigenvalue weighted by Gasteiger charge is -2.37. The molecule has 1 spiro atoms. The monoisotopic (exact) mass is 616 g/mol. The SMILES string of the molecule is CCOC(=O)C1C2(C(=O)N(C(=O)OC(C)(C)C)c3cc(Cl)ccc32)C(c2ccccc2)=N[C@]1(Cc1ccccc1)C(=O)OC. The summed E-state index contributed by atoms with van der Waals surface area (Å²) in [5, 5.41) is 0.245. The molecule has 3 aromatic carbocycles. The molecule has 0 radical (unpaired) electrons. The van der Waals surface area contributed by atoms with Crippen molar-refractivity contribution >= 4 is 46.9 Å². The summed E-state index contributed by atoms with van der Waals surface area (Å²) in [6.45, 7) is 6.63. The molecule has 0 aliphatic carbocycles. The molecule has 0 N–H and O–H groups in total. The number of amides is 2. The number of fused-ring (bicyclic) bond motifs is 2. The molecular formula is C34H33ClN2O7. The number of esters is 2. The summed E-state index contributed by atoms with van der Waals surface area (Å²) < 4.78 is 16.6. The molecule has 3 aromatic rings. The average molecular weight is 617 g/mol. The van der Waals surface area contributed by atoms with Crippen LogP contribution in [0, 0.1) is 5.92 Å². The Morgan fingerprint density at radius 1 is 0.977 bits per heavy atom. The van der Waals surface area contributed by atoms with Crippen molar-refractivity contribution in [3.63, 3.8) is 0 Å². The molecule has 228 valence electrons. The fourth-order valence-electron chi connectivity index (χ4n) is 6.21. The molecule has 5 rings (SSSR count). The van der Waals surface area contributed by atoms with Gasteiger partial charge < -0.3 is 14.2 Å². The Kier molecular flexibility index (Phi) is 8.11. The molecule has 10 heteroatoms. The second kappa shape index (κ2) is 11.5. The highest BCUT2D eigenvalue weighted by Gasteiger charge is 2.74. The van der Waals surface area contributed by atoms with Gasteiger partial charge in [0.1, 0.15) is 16.9 Å². The summed E-state index contributed by atoms with van der Waals surface area (Å²) in [5.41, 5.74) is -3.25. The van der Waals surface area contributed by atoms with Gasteiger partial charge in [0.15, 0.2) is 5.54 Å². The van der Waals surface area contributed by atoms with Gasteiger partial charge in [0.2, 0.25) is 0 Å². The first-order valence-electron chi connectivity index (χ1n) is 14.2. The second-order valence-electron chi connectivity index (χ2n) is 11.7. The van der Waals surface area contributed by atoms with Gasteiger partial charge in [-0.3, -0.25) is 14.6 Å². The van der Waals surface area contributed by atoms with Crippen LogP contribution in [0.25, 0.3) is 0 Å². The van der Waals surface area contributed by atoms with E-state index in [-0.39, 0.29) is 35.0 Å². The van der Waals surface area contributed by atoms with Gasteiger partial charge in [-0.15, -0.1) is 0 Å². The van der Waals surface area contributed by atoms with Gasteiger partial charge in [0.25, 0.3) is 5.91 Å². The molecule has 9 nitrogen and oxygen atoms in total. The summed E-state index contributed by atoms with van der Waals surface area (Å²) in [6, 6.07) is 22.4. The van der Waals surface area contributed by atoms with Crippen molar-refractivity contribution in [3.8, 4) is 0 Å². The van der Waals surface area contributed by atoms with Crippen LogP contribution in [0.1, 0.15) is 44.4 Å². The van der Waals surface area contributed by atoms with Crippen molar-refractivity contribution in [1.82, 2.24) is 0 Å². The third-order valence-electron chi connectivity index (χ3n) is 7.76. The van der Waals surface area contributed by atoms with Gasteiger partial charge in [0.05, 0.1) is 25.1 Å². The molecule has 2 amide bonds. The summed E-state index contributed by atoms with van der Waals surface area (Å²) in [6.07, 6.45) is -1.05. The summed E-state index contributed by atoms with van der Waals surface area (Å²) in [7, 11) is 1.21. The highest BCUT2D eigenvalue weighted by atomic mass is 35.5. The van der Waals surface area contributed by atoms with Gasteiger partial charge in [0, 0.05) is 11.4 Å². The zero-order valence-electron chi connectivity index (χ0n) is 25.1. The predicted molar refractivity (Wildman–Crippen MR) is 165 cm³/mol. The van der Waals surface area contributed by atoms with E-state index in [0.717, 1.165) is 4.90 Å². The van der Waals surface area contributed by atoms with Crippen LogP contribution in [-0.2, 0) is 40.4 Å². The molecule has 2 aliphatic heterocycles. The van der Waals surface area contributed by atoms with Gasteiger partial charge in [-0.25, -0.2) is 14.5 Å². The Balaban J connectivity index is 1.90. The zero-order chi connectivity index (χ0) is 31.9. The van der Waals surface area contributed by atoms with Crippen LogP contribution in [0.2, 0.25) is 5.02 Å². The van der Waals surface area contributed by atoms with E-state index in [1.807, 2.05) is 6.07 Å². The molecule has 0 bridgehead atoms. The van der Waals surface area contributed by atoms with E-state index in [9.17, 15) is 14.4 Å². The number of anilines is 1. The lowest BCUT2D eigenvalue weighted by molar-refractivity contribution is -0.162. The maximum atomic E-state index is 15.1. The minimum atomic E-state index is -1.99. The maximum Gasteiger partial charge on any atom is 0.421 e. The molecule has 2 aliphatic rings. The number of nitrogens with zero attached hydrogens (tertiary/aromatic N) is 2. The van der Waals surface area contributed by atoms with E-state index in [2.05, 4.69) is 0 Å². The smallest absolute Gasteiger partial charge is 0.421 e. The van der Waals surface area contributed by atoms with Crippen molar-refractivity contribution in [2.24, 2.45) is 10.9 Å². The Bertz CT molecular complexity index is 1650. The first-order valence-corrected chi connectivity index (χ1v) is 14.6. The summed E-state index contributed by atoms with van der Waals surface area (Å²) >= 11 is 6.42. The quantitative estimate of drug-likeness (QED) is 0.258. The third-order valence-corrected chi connectivity index (χ3v) is 8.00. The van der Waals surface area contributed by atoms with Crippen LogP contribution in [0.15, 0.2) is 83.9 Å². The highest BCUT2D eigenvalue weighted by molar-refractivity contribution is 6.37. The lowest BCUT2D eigenvalue weighted by atomic mass is 9.61. The van der Waals surface area contributed by atoms with Crippen LogP contribution in [0.4, 0.5) is 10.5 Å². The Morgan fingerprint density at radius 3 is 2.20 bits per heavy atom. The van der Waals surface area contributed by atoms with Crippen LogP contribution in [0.3, 0.4) is 0 Å². The van der Waals surface area contributed by atoms with E-state index in [1.54, 1.807) is 94.4 Å². The normalized spacial score (nSPS) is 22.4. The Morgan fingerprint density at radius 2 is 1.61 bits per heavy atom. The number of imide groups is 1. The molecule has 0 saturated carbocycles. The molecule has 2 unspecified atom stereocenters. The van der Waals surface area contributed by atoms with Crippen molar-refractivity contribution < 1.29 is 33.4 Å². The van der Waals surface area contributed by atoms with Crippen molar-refractivity contribution in [2.45, 2.75) is 50.7 Å². The van der Waals surface area contributed by atoms with Crippen LogP contribution in [0.5, 0.6) is 0 Å². The van der Waals surface area contributed by atoms with Crippen LogP contribution >= 0.6 is 11.6 Å². The largest absolute Gasteiger partial charge is 0.467 e. The number of halogens is 1. The van der Waals surface area contributed by atoms with Crippen LogP contribution in [-0.4, -0.2) is 54.5 Å². The molecule has 0 fully saturated rings. The van der Waals surface area contributed by atoms with Crippen LogP contribution < -0.4 is 4.90 Å². The predicted octanol–water partition coefficient (Wildman–Crippen LogP) is 5.70. The third kappa shape index (κ3) is 4.95. The number of hydrogen-bond donors (Lipinski definition) is 0. The zero-order valence-corrected chi connectivity index (χ0v) is 25.9. The maximum absolute atomic E-state index is 15.1. The number of benzene rings is 3. The fourth-order valence-corrected chi connectivity index (χ4v) is 6.38. The molecule has 2 heterocycles. The number of ether oxygens (including phenoxy) is 3. The van der Waals surface area contributed by atoms with E-state index in [4.69, 9.17) is 30.8 Å². The second-order valence-corrected chi connectivity index (χ2v) is 12.1. The molecule has 0 saturated heterocycles. The van der Waals surface area contributed by atoms with E-state index in [1.165, 1.54) is 13.2 Å². The van der Waals surface area contributed by atoms with Gasteiger partial charge in [-0.1, -0.05) is 78.3 Å². The van der Waals surface area contributed by atoms with E-state index >= 15 is 4.79 Å². The minimum Gasteiger partial charge on any atom is -0.467 e. The van der Waals surface area contributed by atoms with Gasteiger partial charge >= 0.3 is 18.0 Å². The Labute approximate surface area is 260 Å². The standard InChI is InChI=1S/C34H33ClN2O7/c1-6-43-28(38)26-33(30(40)42-5,20-21-13-9-7-10-14-21)36-27(22-15-11-8-12-16-22)34(26)24-18-17-23(35)19-25(24)37(29(34)39)31(41)44-32(2,3)4/h7-19,26H,6,20H2,1-5H3/t26?,33-,34?/m0/s1. The number of methoxy groups -OCH3 is 1.